The molecule has 0 amide bonds. The van der Waals surface area contributed by atoms with E-state index >= 15 is 0 Å². The van der Waals surface area contributed by atoms with Crippen LogP contribution in [0.1, 0.15) is 15.9 Å². The van der Waals surface area contributed by atoms with Gasteiger partial charge in [0.15, 0.2) is 0 Å². The number of oxime groups is 1. The quantitative estimate of drug-likeness (QED) is 0.168. The average molecular weight is 417 g/mol. The largest absolute Gasteiger partial charge is 0.673 e. The molecular formula is C18H20BF4NO3S. The monoisotopic (exact) mass is 417 g/mol. The summed E-state index contributed by atoms with van der Waals surface area (Å²) in [6.45, 7) is 0.303. The SMILES string of the molecule is C[S+](C)COCC(=NOC(=O)c1ccccc1)c1ccccc1.F[B-](F)(F)F. The number of benzene rings is 2. The first-order valence-corrected chi connectivity index (χ1v) is 10.3. The third-order valence-electron chi connectivity index (χ3n) is 2.91. The Balaban J connectivity index is 0.000000696. The first kappa shape index (κ1) is 23.7. The van der Waals surface area contributed by atoms with Crippen LogP contribution in [0.25, 0.3) is 0 Å². The minimum Gasteiger partial charge on any atom is -0.418 e. The van der Waals surface area contributed by atoms with Crippen LogP contribution in [0.4, 0.5) is 17.3 Å². The van der Waals surface area contributed by atoms with Crippen LogP contribution in [0, 0.1) is 0 Å². The van der Waals surface area contributed by atoms with Crippen molar-refractivity contribution >= 4 is 29.8 Å². The first-order valence-electron chi connectivity index (χ1n) is 8.04. The highest BCUT2D eigenvalue weighted by Crippen LogP contribution is 2.07. The maximum atomic E-state index is 12.0. The Morgan fingerprint density at radius 3 is 1.86 bits per heavy atom. The van der Waals surface area contributed by atoms with Crippen molar-refractivity contribution < 1.29 is 31.6 Å². The summed E-state index contributed by atoms with van der Waals surface area (Å²) in [6, 6.07) is 18.4. The Morgan fingerprint density at radius 2 is 1.39 bits per heavy atom. The van der Waals surface area contributed by atoms with Crippen LogP contribution in [0.5, 0.6) is 0 Å². The Bertz CT molecular complexity index is 738. The van der Waals surface area contributed by atoms with Gasteiger partial charge in [-0.1, -0.05) is 53.7 Å². The normalized spacial score (nSPS) is 11.6. The molecule has 10 heteroatoms. The molecule has 2 aromatic carbocycles. The second-order valence-electron chi connectivity index (χ2n) is 5.60. The molecule has 0 aliphatic carbocycles. The zero-order valence-corrected chi connectivity index (χ0v) is 16.2. The van der Waals surface area contributed by atoms with Crippen molar-refractivity contribution in [3.63, 3.8) is 0 Å². The molecule has 0 N–H and O–H groups in total. The minimum absolute atomic E-state index is 0.184. The lowest BCUT2D eigenvalue weighted by atomic mass is 10.1. The summed E-state index contributed by atoms with van der Waals surface area (Å²) in [5, 5.41) is 4.01. The highest BCUT2D eigenvalue weighted by molar-refractivity contribution is 7.95. The Hall–Kier alpha value is -2.33. The third kappa shape index (κ3) is 11.4. The lowest BCUT2D eigenvalue weighted by Gasteiger charge is -2.07. The number of carbonyl (C=O) groups is 1. The van der Waals surface area contributed by atoms with Crippen molar-refractivity contribution in [2.45, 2.75) is 0 Å². The number of carbonyl (C=O) groups excluding carboxylic acids is 1. The number of hydrogen-bond donors (Lipinski definition) is 0. The molecule has 0 spiro atoms. The molecule has 0 aliphatic heterocycles. The number of rotatable bonds is 7. The molecule has 2 aromatic rings. The van der Waals surface area contributed by atoms with E-state index in [2.05, 4.69) is 17.7 Å². The average Bonchev–Trinajstić information content (AvgIpc) is 2.64. The molecule has 2 rings (SSSR count). The Labute approximate surface area is 164 Å². The lowest BCUT2D eigenvalue weighted by Crippen LogP contribution is -2.16. The van der Waals surface area contributed by atoms with Crippen molar-refractivity contribution in [1.29, 1.82) is 0 Å². The van der Waals surface area contributed by atoms with E-state index in [0.717, 1.165) is 5.56 Å². The van der Waals surface area contributed by atoms with Crippen molar-refractivity contribution in [2.75, 3.05) is 25.1 Å². The summed E-state index contributed by atoms with van der Waals surface area (Å²) < 4.78 is 44.6. The van der Waals surface area contributed by atoms with Gasteiger partial charge in [0.2, 0.25) is 5.94 Å². The first-order chi connectivity index (χ1) is 13.2. The third-order valence-corrected chi connectivity index (χ3v) is 3.55. The number of halogens is 4. The van der Waals surface area contributed by atoms with Crippen LogP contribution < -0.4 is 0 Å². The van der Waals surface area contributed by atoms with Crippen LogP contribution in [0.3, 0.4) is 0 Å². The van der Waals surface area contributed by atoms with E-state index in [9.17, 15) is 22.1 Å². The van der Waals surface area contributed by atoms with Crippen molar-refractivity contribution in [3.05, 3.63) is 71.8 Å². The predicted molar refractivity (Wildman–Crippen MR) is 105 cm³/mol. The van der Waals surface area contributed by atoms with Crippen LogP contribution in [0.15, 0.2) is 65.8 Å². The van der Waals surface area contributed by atoms with Gasteiger partial charge in [-0.25, -0.2) is 4.79 Å². The second-order valence-corrected chi connectivity index (χ2v) is 7.80. The van der Waals surface area contributed by atoms with E-state index in [0.29, 0.717) is 23.8 Å². The van der Waals surface area contributed by atoms with Gasteiger partial charge in [0.1, 0.15) is 5.71 Å². The minimum atomic E-state index is -6.00. The summed E-state index contributed by atoms with van der Waals surface area (Å²) in [5.74, 6) is 0.170. The van der Waals surface area contributed by atoms with E-state index in [1.165, 1.54) is 0 Å². The zero-order chi connectivity index (χ0) is 21.0. The van der Waals surface area contributed by atoms with Gasteiger partial charge in [0.25, 0.3) is 0 Å². The molecule has 0 atom stereocenters. The van der Waals surface area contributed by atoms with E-state index in [1.54, 1.807) is 24.3 Å². The van der Waals surface area contributed by atoms with E-state index in [4.69, 9.17) is 9.57 Å². The van der Waals surface area contributed by atoms with E-state index < -0.39 is 13.2 Å². The van der Waals surface area contributed by atoms with Crippen molar-refractivity contribution in [2.24, 2.45) is 5.16 Å². The Morgan fingerprint density at radius 1 is 0.929 bits per heavy atom. The van der Waals surface area contributed by atoms with E-state index in [-0.39, 0.29) is 10.9 Å². The molecule has 0 aliphatic rings. The summed E-state index contributed by atoms with van der Waals surface area (Å²) >= 11 is 0. The molecule has 0 saturated carbocycles. The fourth-order valence-corrected chi connectivity index (χ4v) is 2.24. The second kappa shape index (κ2) is 12.2. The van der Waals surface area contributed by atoms with Gasteiger partial charge in [-0.2, -0.15) is 0 Å². The van der Waals surface area contributed by atoms with Crippen LogP contribution in [-0.4, -0.2) is 44.0 Å². The van der Waals surface area contributed by atoms with Crippen molar-refractivity contribution in [3.8, 4) is 0 Å². The molecule has 0 bridgehead atoms. The molecule has 0 fully saturated rings. The van der Waals surface area contributed by atoms with E-state index in [1.807, 2.05) is 36.4 Å². The smallest absolute Gasteiger partial charge is 0.418 e. The summed E-state index contributed by atoms with van der Waals surface area (Å²) in [4.78, 5) is 17.1. The van der Waals surface area contributed by atoms with Gasteiger partial charge < -0.3 is 26.8 Å². The summed E-state index contributed by atoms with van der Waals surface area (Å²) in [6.07, 6.45) is 4.21. The van der Waals surface area contributed by atoms with Gasteiger partial charge in [0, 0.05) is 16.5 Å². The van der Waals surface area contributed by atoms with Gasteiger partial charge in [-0.3, -0.25) is 0 Å². The summed E-state index contributed by atoms with van der Waals surface area (Å²) in [7, 11) is -5.82. The van der Waals surface area contributed by atoms with Crippen LogP contribution >= 0.6 is 0 Å². The van der Waals surface area contributed by atoms with Gasteiger partial charge in [-0.05, 0) is 12.1 Å². The summed E-state index contributed by atoms with van der Waals surface area (Å²) in [5.41, 5.74) is 1.94. The van der Waals surface area contributed by atoms with Gasteiger partial charge in [0.05, 0.1) is 24.7 Å². The molecule has 0 radical (unpaired) electrons. The van der Waals surface area contributed by atoms with Gasteiger partial charge in [-0.15, -0.1) is 0 Å². The highest BCUT2D eigenvalue weighted by atomic mass is 32.2. The topological polar surface area (TPSA) is 47.9 Å². The number of hydrogen-bond acceptors (Lipinski definition) is 4. The molecule has 0 heterocycles. The molecular weight excluding hydrogens is 397 g/mol. The molecule has 28 heavy (non-hydrogen) atoms. The predicted octanol–water partition coefficient (Wildman–Crippen LogP) is 4.40. The van der Waals surface area contributed by atoms with Crippen LogP contribution in [0.2, 0.25) is 0 Å². The lowest BCUT2D eigenvalue weighted by molar-refractivity contribution is 0.0513. The Kier molecular flexibility index (Phi) is 10.3. The zero-order valence-electron chi connectivity index (χ0n) is 15.4. The van der Waals surface area contributed by atoms with Crippen LogP contribution in [-0.2, 0) is 20.5 Å². The molecule has 4 nitrogen and oxygen atoms in total. The number of nitrogens with zero attached hydrogens (tertiary/aromatic N) is 1. The van der Waals surface area contributed by atoms with Crippen molar-refractivity contribution in [1.82, 2.24) is 0 Å². The number of ether oxygens (including phenoxy) is 1. The molecule has 0 saturated heterocycles. The maximum absolute atomic E-state index is 12.0. The maximum Gasteiger partial charge on any atom is 0.673 e. The fourth-order valence-electron chi connectivity index (χ4n) is 1.82. The highest BCUT2D eigenvalue weighted by Gasteiger charge is 2.20. The molecule has 152 valence electrons. The fraction of sp³-hybridized carbons (Fsp3) is 0.222. The van der Waals surface area contributed by atoms with Gasteiger partial charge >= 0.3 is 13.2 Å². The molecule has 0 unspecified atom stereocenters. The molecule has 0 aromatic heterocycles. The standard InChI is InChI=1S/C18H20NO3S.BF4/c1-23(2)14-21-13-17(15-9-5-3-6-10-15)19-22-18(20)16-11-7-4-8-12-16;2-1(3,4)5/h3-12H,13-14H2,1-2H3;/q+1;-1.